The largest absolute Gasteiger partial charge is 0.494 e. The predicted octanol–water partition coefficient (Wildman–Crippen LogP) is 4.47. The van der Waals surface area contributed by atoms with Crippen LogP contribution in [0.5, 0.6) is 17.2 Å². The fraction of sp³-hybridized carbons (Fsp3) is 0.188. The highest BCUT2D eigenvalue weighted by Gasteiger charge is 2.09. The molecular weight excluding hydrogens is 270 g/mol. The lowest BCUT2D eigenvalue weighted by Crippen LogP contribution is -1.93. The zero-order valence-electron chi connectivity index (χ0n) is 11.4. The van der Waals surface area contributed by atoms with Crippen LogP contribution in [0.4, 0.5) is 0 Å². The highest BCUT2D eigenvalue weighted by atomic mass is 32.2. The molecule has 3 nitrogen and oxygen atoms in total. The van der Waals surface area contributed by atoms with Crippen molar-refractivity contribution in [1.82, 2.24) is 0 Å². The SMILES string of the molecule is CCOc1cccc(Oc2cccc(SC)c2C#N)c1. The number of nitriles is 1. The molecule has 0 atom stereocenters. The molecule has 0 spiro atoms. The molecule has 0 fully saturated rings. The molecule has 2 aromatic carbocycles. The number of ether oxygens (including phenoxy) is 2. The maximum absolute atomic E-state index is 9.28. The van der Waals surface area contributed by atoms with Gasteiger partial charge in [0.2, 0.25) is 0 Å². The topological polar surface area (TPSA) is 42.2 Å². The van der Waals surface area contributed by atoms with Crippen molar-refractivity contribution in [2.24, 2.45) is 0 Å². The van der Waals surface area contributed by atoms with Crippen molar-refractivity contribution < 1.29 is 9.47 Å². The van der Waals surface area contributed by atoms with Gasteiger partial charge in [0, 0.05) is 11.0 Å². The maximum atomic E-state index is 9.28. The number of hydrogen-bond acceptors (Lipinski definition) is 4. The van der Waals surface area contributed by atoms with Crippen molar-refractivity contribution in [3.8, 4) is 23.3 Å². The molecular formula is C16H15NO2S. The van der Waals surface area contributed by atoms with E-state index in [0.29, 0.717) is 23.7 Å². The van der Waals surface area contributed by atoms with Crippen LogP contribution in [0, 0.1) is 11.3 Å². The average Bonchev–Trinajstić information content (AvgIpc) is 2.47. The van der Waals surface area contributed by atoms with Crippen LogP contribution in [-0.4, -0.2) is 12.9 Å². The monoisotopic (exact) mass is 285 g/mol. The lowest BCUT2D eigenvalue weighted by Gasteiger charge is -2.11. The van der Waals surface area contributed by atoms with Crippen molar-refractivity contribution in [3.63, 3.8) is 0 Å². The lowest BCUT2D eigenvalue weighted by molar-refractivity contribution is 0.338. The minimum absolute atomic E-state index is 0.557. The summed E-state index contributed by atoms with van der Waals surface area (Å²) in [6.07, 6.45) is 1.94. The summed E-state index contributed by atoms with van der Waals surface area (Å²) < 4.78 is 11.3. The van der Waals surface area contributed by atoms with Gasteiger partial charge in [-0.15, -0.1) is 11.8 Å². The van der Waals surface area contributed by atoms with E-state index in [1.165, 1.54) is 11.8 Å². The quantitative estimate of drug-likeness (QED) is 0.760. The first-order chi connectivity index (χ1) is 9.78. The first kappa shape index (κ1) is 14.3. The van der Waals surface area contributed by atoms with Gasteiger partial charge in [0.05, 0.1) is 6.61 Å². The summed E-state index contributed by atoms with van der Waals surface area (Å²) in [5.74, 6) is 1.98. The van der Waals surface area contributed by atoms with Crippen LogP contribution in [0.2, 0.25) is 0 Å². The number of rotatable bonds is 5. The molecule has 0 N–H and O–H groups in total. The Hall–Kier alpha value is -2.12. The molecule has 20 heavy (non-hydrogen) atoms. The molecule has 4 heteroatoms. The van der Waals surface area contributed by atoms with Gasteiger partial charge in [-0.25, -0.2) is 0 Å². The second kappa shape index (κ2) is 6.88. The van der Waals surface area contributed by atoms with E-state index >= 15 is 0 Å². The molecule has 0 unspecified atom stereocenters. The Labute approximate surface area is 123 Å². The molecule has 102 valence electrons. The van der Waals surface area contributed by atoms with Gasteiger partial charge in [-0.3, -0.25) is 0 Å². The molecule has 0 aliphatic rings. The fourth-order valence-electron chi connectivity index (χ4n) is 1.80. The summed E-state index contributed by atoms with van der Waals surface area (Å²) in [5, 5.41) is 9.28. The van der Waals surface area contributed by atoms with Crippen LogP contribution < -0.4 is 9.47 Å². The van der Waals surface area contributed by atoms with Crippen molar-refractivity contribution in [2.45, 2.75) is 11.8 Å². The number of nitrogens with zero attached hydrogens (tertiary/aromatic N) is 1. The summed E-state index contributed by atoms with van der Waals surface area (Å²) in [7, 11) is 0. The highest BCUT2D eigenvalue weighted by Crippen LogP contribution is 2.32. The van der Waals surface area contributed by atoms with Gasteiger partial charge >= 0.3 is 0 Å². The van der Waals surface area contributed by atoms with E-state index in [4.69, 9.17) is 9.47 Å². The normalized spacial score (nSPS) is 9.85. The summed E-state index contributed by atoms with van der Waals surface area (Å²) in [5.41, 5.74) is 0.557. The number of hydrogen-bond donors (Lipinski definition) is 0. The van der Waals surface area contributed by atoms with E-state index in [2.05, 4.69) is 6.07 Å². The summed E-state index contributed by atoms with van der Waals surface area (Å²) in [6.45, 7) is 2.54. The third-order valence-electron chi connectivity index (χ3n) is 2.66. The van der Waals surface area contributed by atoms with Gasteiger partial charge in [0.1, 0.15) is 28.9 Å². The first-order valence-corrected chi connectivity index (χ1v) is 7.48. The summed E-state index contributed by atoms with van der Waals surface area (Å²) >= 11 is 1.53. The van der Waals surface area contributed by atoms with Crippen molar-refractivity contribution in [3.05, 3.63) is 48.0 Å². The second-order valence-electron chi connectivity index (χ2n) is 3.96. The van der Waals surface area contributed by atoms with E-state index in [0.717, 1.165) is 10.6 Å². The van der Waals surface area contributed by atoms with Gasteiger partial charge in [-0.05, 0) is 37.4 Å². The maximum Gasteiger partial charge on any atom is 0.146 e. The third-order valence-corrected chi connectivity index (χ3v) is 3.44. The molecule has 0 saturated heterocycles. The molecule has 0 aliphatic heterocycles. The number of thioether (sulfide) groups is 1. The lowest BCUT2D eigenvalue weighted by atomic mass is 10.2. The molecule has 0 radical (unpaired) electrons. The zero-order chi connectivity index (χ0) is 14.4. The van der Waals surface area contributed by atoms with Gasteiger partial charge in [-0.1, -0.05) is 12.1 Å². The van der Waals surface area contributed by atoms with Crippen LogP contribution >= 0.6 is 11.8 Å². The average molecular weight is 285 g/mol. The molecule has 0 aromatic heterocycles. The van der Waals surface area contributed by atoms with Crippen molar-refractivity contribution >= 4 is 11.8 Å². The Morgan fingerprint density at radius 3 is 2.60 bits per heavy atom. The van der Waals surface area contributed by atoms with E-state index in [1.54, 1.807) is 6.07 Å². The number of benzene rings is 2. The van der Waals surface area contributed by atoms with E-state index in [9.17, 15) is 5.26 Å². The van der Waals surface area contributed by atoms with Gasteiger partial charge in [0.25, 0.3) is 0 Å². The Kier molecular flexibility index (Phi) is 4.91. The van der Waals surface area contributed by atoms with Crippen LogP contribution in [0.15, 0.2) is 47.4 Å². The summed E-state index contributed by atoms with van der Waals surface area (Å²) in [4.78, 5) is 0.908. The third kappa shape index (κ3) is 3.25. The highest BCUT2D eigenvalue weighted by molar-refractivity contribution is 7.98. The zero-order valence-corrected chi connectivity index (χ0v) is 12.2. The van der Waals surface area contributed by atoms with Crippen LogP contribution in [-0.2, 0) is 0 Å². The molecule has 0 aliphatic carbocycles. The van der Waals surface area contributed by atoms with Gasteiger partial charge < -0.3 is 9.47 Å². The molecule has 0 amide bonds. The standard InChI is InChI=1S/C16H15NO2S/c1-3-18-12-6-4-7-13(10-12)19-15-8-5-9-16(20-2)14(15)11-17/h4-10H,3H2,1-2H3. The molecule has 0 saturated carbocycles. The van der Waals surface area contributed by atoms with Crippen molar-refractivity contribution in [2.75, 3.05) is 12.9 Å². The molecule has 2 aromatic rings. The summed E-state index contributed by atoms with van der Waals surface area (Å²) in [6, 6.07) is 15.2. The van der Waals surface area contributed by atoms with Crippen LogP contribution in [0.3, 0.4) is 0 Å². The fourth-order valence-corrected chi connectivity index (χ4v) is 2.36. The van der Waals surface area contributed by atoms with Crippen molar-refractivity contribution in [1.29, 1.82) is 5.26 Å². The predicted molar refractivity (Wildman–Crippen MR) is 80.6 cm³/mol. The van der Waals surface area contributed by atoms with Crippen LogP contribution in [0.1, 0.15) is 12.5 Å². The Morgan fingerprint density at radius 2 is 1.90 bits per heavy atom. The van der Waals surface area contributed by atoms with E-state index in [1.807, 2.05) is 49.6 Å². The van der Waals surface area contributed by atoms with Crippen LogP contribution in [0.25, 0.3) is 0 Å². The Balaban J connectivity index is 2.30. The molecule has 0 heterocycles. The Morgan fingerprint density at radius 1 is 1.15 bits per heavy atom. The van der Waals surface area contributed by atoms with Gasteiger partial charge in [-0.2, -0.15) is 5.26 Å². The second-order valence-corrected chi connectivity index (χ2v) is 4.80. The minimum Gasteiger partial charge on any atom is -0.494 e. The molecule has 0 bridgehead atoms. The molecule has 2 rings (SSSR count). The van der Waals surface area contributed by atoms with E-state index < -0.39 is 0 Å². The smallest absolute Gasteiger partial charge is 0.146 e. The first-order valence-electron chi connectivity index (χ1n) is 6.26. The minimum atomic E-state index is 0.557. The Bertz CT molecular complexity index is 635. The van der Waals surface area contributed by atoms with E-state index in [-0.39, 0.29) is 0 Å². The van der Waals surface area contributed by atoms with Gasteiger partial charge in [0.15, 0.2) is 0 Å².